The van der Waals surface area contributed by atoms with Crippen LogP contribution in [0.2, 0.25) is 0 Å². The van der Waals surface area contributed by atoms with Crippen molar-refractivity contribution in [3.63, 3.8) is 0 Å². The van der Waals surface area contributed by atoms with Gasteiger partial charge in [-0.2, -0.15) is 0 Å². The highest BCUT2D eigenvalue weighted by Gasteiger charge is 2.15. The fraction of sp³-hybridized carbons (Fsp3) is 0.733. The maximum absolute atomic E-state index is 8.73. The van der Waals surface area contributed by atoms with Gasteiger partial charge in [-0.05, 0) is 70.0 Å². The molecule has 0 saturated heterocycles. The maximum Gasteiger partial charge on any atom is 0.0431 e. The lowest BCUT2D eigenvalue weighted by Crippen LogP contribution is -2.19. The number of hydrogen-bond acceptors (Lipinski definition) is 3. The first kappa shape index (κ1) is 14.0. The topological polar surface area (TPSA) is 32.3 Å². The first-order valence-electron chi connectivity index (χ1n) is 7.27. The molecule has 0 radical (unpaired) electrons. The third-order valence-electron chi connectivity index (χ3n) is 3.73. The van der Waals surface area contributed by atoms with Crippen LogP contribution < -0.4 is 5.32 Å². The van der Waals surface area contributed by atoms with E-state index in [1.54, 1.807) is 10.4 Å². The second-order valence-electron chi connectivity index (χ2n) is 5.26. The summed E-state index contributed by atoms with van der Waals surface area (Å²) in [5, 5.41) is 12.3. The number of aliphatic hydroxyl groups excluding tert-OH is 1. The third kappa shape index (κ3) is 3.81. The Kier molecular flexibility index (Phi) is 5.67. The van der Waals surface area contributed by atoms with Crippen molar-refractivity contribution in [2.24, 2.45) is 0 Å². The molecule has 102 valence electrons. The quantitative estimate of drug-likeness (QED) is 0.742. The fourth-order valence-corrected chi connectivity index (χ4v) is 3.84. The van der Waals surface area contributed by atoms with E-state index in [9.17, 15) is 0 Å². The molecule has 3 heteroatoms. The molecule has 0 amide bonds. The van der Waals surface area contributed by atoms with Crippen molar-refractivity contribution in [1.29, 1.82) is 0 Å². The van der Waals surface area contributed by atoms with Crippen LogP contribution >= 0.6 is 11.3 Å². The molecular weight excluding hydrogens is 242 g/mol. The summed E-state index contributed by atoms with van der Waals surface area (Å²) in [5.41, 5.74) is 1.61. The number of rotatable bonds is 7. The van der Waals surface area contributed by atoms with Gasteiger partial charge in [-0.15, -0.1) is 11.3 Å². The minimum absolute atomic E-state index is 0.327. The molecule has 0 aliphatic heterocycles. The summed E-state index contributed by atoms with van der Waals surface area (Å²) in [7, 11) is 0. The number of fused-ring (bicyclic) bond motifs is 1. The van der Waals surface area contributed by atoms with Crippen LogP contribution in [0.1, 0.15) is 60.4 Å². The molecule has 0 fully saturated rings. The van der Waals surface area contributed by atoms with Gasteiger partial charge in [-0.25, -0.2) is 0 Å². The Morgan fingerprint density at radius 3 is 2.89 bits per heavy atom. The highest BCUT2D eigenvalue weighted by atomic mass is 32.1. The zero-order valence-electron chi connectivity index (χ0n) is 11.4. The summed E-state index contributed by atoms with van der Waals surface area (Å²) in [6, 6.07) is 2.90. The van der Waals surface area contributed by atoms with Gasteiger partial charge in [0, 0.05) is 22.4 Å². The van der Waals surface area contributed by atoms with E-state index < -0.39 is 0 Å². The van der Waals surface area contributed by atoms with Gasteiger partial charge in [0.05, 0.1) is 0 Å². The summed E-state index contributed by atoms with van der Waals surface area (Å²) in [4.78, 5) is 3.13. The van der Waals surface area contributed by atoms with Gasteiger partial charge >= 0.3 is 0 Å². The van der Waals surface area contributed by atoms with Gasteiger partial charge in [-0.3, -0.25) is 0 Å². The lowest BCUT2D eigenvalue weighted by Gasteiger charge is -2.11. The Morgan fingerprint density at radius 1 is 1.28 bits per heavy atom. The van der Waals surface area contributed by atoms with Crippen molar-refractivity contribution in [3.8, 4) is 0 Å². The summed E-state index contributed by atoms with van der Waals surface area (Å²) in [5.74, 6) is 0. The molecule has 1 aromatic rings. The summed E-state index contributed by atoms with van der Waals surface area (Å²) in [6.45, 7) is 3.65. The standard InChI is InChI=1S/C15H25NOS/c1-12(16-9-5-2-6-10-17)15-11-13-7-3-4-8-14(13)18-15/h11-12,16-17H,2-10H2,1H3. The summed E-state index contributed by atoms with van der Waals surface area (Å²) >= 11 is 2.01. The zero-order valence-corrected chi connectivity index (χ0v) is 12.2. The van der Waals surface area contributed by atoms with E-state index in [-0.39, 0.29) is 0 Å². The minimum atomic E-state index is 0.327. The van der Waals surface area contributed by atoms with E-state index in [1.807, 2.05) is 11.3 Å². The molecule has 2 nitrogen and oxygen atoms in total. The molecular formula is C15H25NOS. The number of hydrogen-bond donors (Lipinski definition) is 2. The Morgan fingerprint density at radius 2 is 2.11 bits per heavy atom. The lowest BCUT2D eigenvalue weighted by molar-refractivity contribution is 0.282. The van der Waals surface area contributed by atoms with Crippen molar-refractivity contribution in [2.45, 2.75) is 57.9 Å². The van der Waals surface area contributed by atoms with Crippen molar-refractivity contribution in [3.05, 3.63) is 21.4 Å². The number of nitrogens with one attached hydrogen (secondary N) is 1. The second kappa shape index (κ2) is 7.27. The smallest absolute Gasteiger partial charge is 0.0431 e. The Labute approximate surface area is 114 Å². The van der Waals surface area contributed by atoms with E-state index >= 15 is 0 Å². The van der Waals surface area contributed by atoms with Crippen molar-refractivity contribution < 1.29 is 5.11 Å². The van der Waals surface area contributed by atoms with Crippen LogP contribution in [0.25, 0.3) is 0 Å². The maximum atomic E-state index is 8.73. The molecule has 1 heterocycles. The third-order valence-corrected chi connectivity index (χ3v) is 5.15. The number of unbranched alkanes of at least 4 members (excludes halogenated alkanes) is 2. The van der Waals surface area contributed by atoms with Crippen LogP contribution in [0.3, 0.4) is 0 Å². The summed E-state index contributed by atoms with van der Waals surface area (Å²) < 4.78 is 0. The molecule has 1 atom stereocenters. The van der Waals surface area contributed by atoms with Gasteiger partial charge in [0.2, 0.25) is 0 Å². The normalized spacial score (nSPS) is 16.6. The second-order valence-corrected chi connectivity index (χ2v) is 6.43. The molecule has 1 unspecified atom stereocenters. The molecule has 1 aliphatic carbocycles. The lowest BCUT2D eigenvalue weighted by atomic mass is 9.99. The molecule has 1 aromatic heterocycles. The number of thiophene rings is 1. The van der Waals surface area contributed by atoms with Crippen LogP contribution in [0.15, 0.2) is 6.07 Å². The van der Waals surface area contributed by atoms with Crippen LogP contribution in [0.5, 0.6) is 0 Å². The highest BCUT2D eigenvalue weighted by molar-refractivity contribution is 7.12. The zero-order chi connectivity index (χ0) is 12.8. The van der Waals surface area contributed by atoms with Gasteiger partial charge in [0.15, 0.2) is 0 Å². The predicted molar refractivity (Wildman–Crippen MR) is 78.3 cm³/mol. The van der Waals surface area contributed by atoms with Gasteiger partial charge in [0.25, 0.3) is 0 Å². The molecule has 2 rings (SSSR count). The molecule has 0 bridgehead atoms. The summed E-state index contributed by atoms with van der Waals surface area (Å²) in [6.07, 6.45) is 8.54. The van der Waals surface area contributed by atoms with Crippen LogP contribution in [0, 0.1) is 0 Å². The van der Waals surface area contributed by atoms with Crippen molar-refractivity contribution in [2.75, 3.05) is 13.2 Å². The minimum Gasteiger partial charge on any atom is -0.396 e. The molecule has 2 N–H and O–H groups in total. The van der Waals surface area contributed by atoms with E-state index in [1.165, 1.54) is 30.6 Å². The van der Waals surface area contributed by atoms with Crippen LogP contribution in [0.4, 0.5) is 0 Å². The first-order valence-corrected chi connectivity index (χ1v) is 8.08. The molecule has 0 spiro atoms. The van der Waals surface area contributed by atoms with E-state index in [0.29, 0.717) is 12.6 Å². The fourth-order valence-electron chi connectivity index (χ4n) is 2.56. The van der Waals surface area contributed by atoms with Crippen molar-refractivity contribution in [1.82, 2.24) is 5.32 Å². The first-order chi connectivity index (χ1) is 8.81. The SMILES string of the molecule is CC(NCCCCCO)c1cc2c(s1)CCCC2. The Balaban J connectivity index is 1.78. The number of aliphatic hydroxyl groups is 1. The molecule has 18 heavy (non-hydrogen) atoms. The highest BCUT2D eigenvalue weighted by Crippen LogP contribution is 2.32. The molecule has 0 saturated carbocycles. The average molecular weight is 267 g/mol. The van der Waals surface area contributed by atoms with E-state index in [2.05, 4.69) is 18.3 Å². The van der Waals surface area contributed by atoms with Crippen LogP contribution in [-0.2, 0) is 12.8 Å². The van der Waals surface area contributed by atoms with Gasteiger partial charge in [0.1, 0.15) is 0 Å². The van der Waals surface area contributed by atoms with Gasteiger partial charge < -0.3 is 10.4 Å². The average Bonchev–Trinajstić information content (AvgIpc) is 2.82. The van der Waals surface area contributed by atoms with Crippen LogP contribution in [-0.4, -0.2) is 18.3 Å². The van der Waals surface area contributed by atoms with Gasteiger partial charge in [-0.1, -0.05) is 0 Å². The Bertz CT molecular complexity index is 338. The van der Waals surface area contributed by atoms with E-state index in [4.69, 9.17) is 5.11 Å². The van der Waals surface area contributed by atoms with Crippen molar-refractivity contribution >= 4 is 11.3 Å². The van der Waals surface area contributed by atoms with E-state index in [0.717, 1.165) is 25.8 Å². The molecule has 1 aliphatic rings. The number of aryl methyl sites for hydroxylation is 2. The molecule has 0 aromatic carbocycles. The largest absolute Gasteiger partial charge is 0.396 e. The Hall–Kier alpha value is -0.380. The monoisotopic (exact) mass is 267 g/mol. The predicted octanol–water partition coefficient (Wildman–Crippen LogP) is 3.44.